The van der Waals surface area contributed by atoms with E-state index in [4.69, 9.17) is 4.42 Å². The number of benzene rings is 1. The Morgan fingerprint density at radius 3 is 2.56 bits per heavy atom. The van der Waals surface area contributed by atoms with Gasteiger partial charge in [-0.05, 0) is 51.4 Å². The van der Waals surface area contributed by atoms with Crippen LogP contribution in [0.3, 0.4) is 0 Å². The predicted octanol–water partition coefficient (Wildman–Crippen LogP) is 3.72. The van der Waals surface area contributed by atoms with Crippen molar-refractivity contribution in [3.05, 3.63) is 52.7 Å². The molecule has 0 bridgehead atoms. The molecule has 5 heteroatoms. The Labute approximate surface area is 149 Å². The molecule has 2 heterocycles. The normalized spacial score (nSPS) is 18.0. The average Bonchev–Trinajstić information content (AvgIpc) is 2.93. The summed E-state index contributed by atoms with van der Waals surface area (Å²) >= 11 is 0. The maximum absolute atomic E-state index is 13.0. The number of aromatic nitrogens is 1. The van der Waals surface area contributed by atoms with Crippen molar-refractivity contribution in [3.63, 3.8) is 0 Å². The summed E-state index contributed by atoms with van der Waals surface area (Å²) < 4.78 is 5.46. The number of nitrogens with zero attached hydrogens (tertiary/aromatic N) is 3. The first-order chi connectivity index (χ1) is 12.0. The zero-order valence-electron chi connectivity index (χ0n) is 15.6. The molecule has 1 fully saturated rings. The fourth-order valence-electron chi connectivity index (χ4n) is 3.59. The second kappa shape index (κ2) is 7.40. The number of oxazole rings is 1. The topological polar surface area (TPSA) is 49.6 Å². The zero-order chi connectivity index (χ0) is 18.0. The summed E-state index contributed by atoms with van der Waals surface area (Å²) in [6, 6.07) is 8.77. The number of hydrogen-bond donors (Lipinski definition) is 0. The highest BCUT2D eigenvalue weighted by Crippen LogP contribution is 2.32. The minimum atomic E-state index is -0.0172. The lowest BCUT2D eigenvalue weighted by Crippen LogP contribution is -2.39. The Morgan fingerprint density at radius 1 is 1.24 bits per heavy atom. The van der Waals surface area contributed by atoms with E-state index in [1.54, 1.807) is 6.92 Å². The number of carbonyl (C=O) groups is 1. The fraction of sp³-hybridized carbons (Fsp3) is 0.500. The van der Waals surface area contributed by atoms with E-state index in [2.05, 4.69) is 48.2 Å². The van der Waals surface area contributed by atoms with Crippen LogP contribution < -0.4 is 0 Å². The van der Waals surface area contributed by atoms with Crippen LogP contribution in [0.4, 0.5) is 0 Å². The van der Waals surface area contributed by atoms with Gasteiger partial charge < -0.3 is 14.2 Å². The first-order valence-electron chi connectivity index (χ1n) is 8.94. The van der Waals surface area contributed by atoms with Crippen molar-refractivity contribution >= 4 is 5.91 Å². The molecule has 1 saturated heterocycles. The van der Waals surface area contributed by atoms with Gasteiger partial charge in [0.25, 0.3) is 5.91 Å². The number of hydrogen-bond acceptors (Lipinski definition) is 4. The van der Waals surface area contributed by atoms with Crippen LogP contribution in [0.1, 0.15) is 58.6 Å². The van der Waals surface area contributed by atoms with Crippen molar-refractivity contribution < 1.29 is 9.21 Å². The van der Waals surface area contributed by atoms with Gasteiger partial charge in [0.05, 0.1) is 6.04 Å². The lowest BCUT2D eigenvalue weighted by atomic mass is 9.94. The first-order valence-corrected chi connectivity index (χ1v) is 8.94. The second-order valence-electron chi connectivity index (χ2n) is 7.13. The molecule has 0 N–H and O–H groups in total. The number of amides is 1. The van der Waals surface area contributed by atoms with Crippen molar-refractivity contribution in [1.82, 2.24) is 14.8 Å². The van der Waals surface area contributed by atoms with Crippen LogP contribution in [0.2, 0.25) is 0 Å². The number of carbonyl (C=O) groups excluding carboxylic acids is 1. The first kappa shape index (κ1) is 17.7. The molecule has 25 heavy (non-hydrogen) atoms. The summed E-state index contributed by atoms with van der Waals surface area (Å²) in [5.74, 6) is 1.13. The molecule has 3 rings (SSSR count). The fourth-order valence-corrected chi connectivity index (χ4v) is 3.59. The molecule has 0 aliphatic carbocycles. The summed E-state index contributed by atoms with van der Waals surface area (Å²) in [5, 5.41) is 0. The summed E-state index contributed by atoms with van der Waals surface area (Å²) in [5.41, 5.74) is 2.94. The molecular formula is C20H27N3O2. The van der Waals surface area contributed by atoms with E-state index in [1.807, 2.05) is 11.8 Å². The molecule has 1 aliphatic heterocycles. The molecule has 1 aromatic heterocycles. The largest absolute Gasteiger partial charge is 0.445 e. The summed E-state index contributed by atoms with van der Waals surface area (Å²) in [4.78, 5) is 21.4. The van der Waals surface area contributed by atoms with E-state index >= 15 is 0 Å². The minimum absolute atomic E-state index is 0.0172. The van der Waals surface area contributed by atoms with Crippen LogP contribution in [0.5, 0.6) is 0 Å². The third-order valence-corrected chi connectivity index (χ3v) is 4.73. The lowest BCUT2D eigenvalue weighted by molar-refractivity contribution is 0.0604. The van der Waals surface area contributed by atoms with Gasteiger partial charge in [-0.15, -0.1) is 0 Å². The third kappa shape index (κ3) is 3.93. The predicted molar refractivity (Wildman–Crippen MR) is 97.4 cm³/mol. The molecule has 0 spiro atoms. The number of piperidine rings is 1. The van der Waals surface area contributed by atoms with Crippen LogP contribution in [-0.4, -0.2) is 41.3 Å². The summed E-state index contributed by atoms with van der Waals surface area (Å²) in [6.07, 6.45) is 3.18. The monoisotopic (exact) mass is 341 g/mol. The highest BCUT2D eigenvalue weighted by atomic mass is 16.4. The van der Waals surface area contributed by atoms with Gasteiger partial charge >= 0.3 is 0 Å². The molecule has 134 valence electrons. The van der Waals surface area contributed by atoms with Crippen molar-refractivity contribution in [3.8, 4) is 0 Å². The smallest absolute Gasteiger partial charge is 0.276 e. The van der Waals surface area contributed by atoms with Gasteiger partial charge in [0.15, 0.2) is 11.6 Å². The van der Waals surface area contributed by atoms with Crippen LogP contribution in [0.25, 0.3) is 0 Å². The average molecular weight is 341 g/mol. The molecule has 1 amide bonds. The van der Waals surface area contributed by atoms with Crippen LogP contribution >= 0.6 is 0 Å². The van der Waals surface area contributed by atoms with E-state index in [9.17, 15) is 4.79 Å². The lowest BCUT2D eigenvalue weighted by Gasteiger charge is -2.36. The Kier molecular flexibility index (Phi) is 5.23. The quantitative estimate of drug-likeness (QED) is 0.850. The maximum atomic E-state index is 13.0. The number of rotatable bonds is 4. The maximum Gasteiger partial charge on any atom is 0.276 e. The van der Waals surface area contributed by atoms with Crippen molar-refractivity contribution in [2.75, 3.05) is 20.6 Å². The third-order valence-electron chi connectivity index (χ3n) is 4.73. The van der Waals surface area contributed by atoms with Crippen LogP contribution in [-0.2, 0) is 6.54 Å². The highest BCUT2D eigenvalue weighted by molar-refractivity contribution is 5.93. The Morgan fingerprint density at radius 2 is 1.96 bits per heavy atom. The molecule has 1 aliphatic rings. The molecule has 0 radical (unpaired) electrons. The van der Waals surface area contributed by atoms with Crippen molar-refractivity contribution in [2.45, 2.75) is 45.7 Å². The van der Waals surface area contributed by atoms with Gasteiger partial charge in [0, 0.05) is 20.0 Å². The molecule has 5 nitrogen and oxygen atoms in total. The van der Waals surface area contributed by atoms with Gasteiger partial charge in [-0.3, -0.25) is 4.79 Å². The molecular weight excluding hydrogens is 314 g/mol. The van der Waals surface area contributed by atoms with Gasteiger partial charge in [-0.2, -0.15) is 0 Å². The standard InChI is InChI=1S/C20H27N3O2/c1-14-19(21-15(2)25-14)20(24)23-12-6-5-7-18(23)17-10-8-16(9-11-17)13-22(3)4/h8-11,18H,5-7,12-13H2,1-4H3/t18-/m0/s1. The molecule has 1 atom stereocenters. The van der Waals surface area contributed by atoms with E-state index in [1.165, 1.54) is 11.1 Å². The van der Waals surface area contributed by atoms with Crippen molar-refractivity contribution in [2.24, 2.45) is 0 Å². The van der Waals surface area contributed by atoms with Crippen molar-refractivity contribution in [1.29, 1.82) is 0 Å². The summed E-state index contributed by atoms with van der Waals surface area (Å²) in [6.45, 7) is 5.28. The van der Waals surface area contributed by atoms with Gasteiger partial charge in [-0.25, -0.2) is 4.98 Å². The van der Waals surface area contributed by atoms with Crippen LogP contribution in [0.15, 0.2) is 28.7 Å². The molecule has 0 saturated carbocycles. The molecule has 0 unspecified atom stereocenters. The van der Waals surface area contributed by atoms with E-state index in [0.29, 0.717) is 17.3 Å². The van der Waals surface area contributed by atoms with E-state index in [0.717, 1.165) is 32.4 Å². The highest BCUT2D eigenvalue weighted by Gasteiger charge is 2.31. The van der Waals surface area contributed by atoms with Crippen LogP contribution in [0, 0.1) is 13.8 Å². The Balaban J connectivity index is 1.83. The van der Waals surface area contributed by atoms with E-state index < -0.39 is 0 Å². The Bertz CT molecular complexity index is 734. The van der Waals surface area contributed by atoms with E-state index in [-0.39, 0.29) is 11.9 Å². The number of aryl methyl sites for hydroxylation is 2. The Hall–Kier alpha value is -2.14. The van der Waals surface area contributed by atoms with Gasteiger partial charge in [0.2, 0.25) is 0 Å². The van der Waals surface area contributed by atoms with Gasteiger partial charge in [-0.1, -0.05) is 24.3 Å². The second-order valence-corrected chi connectivity index (χ2v) is 7.13. The number of likely N-dealkylation sites (tertiary alicyclic amines) is 1. The molecule has 2 aromatic rings. The minimum Gasteiger partial charge on any atom is -0.445 e. The SMILES string of the molecule is Cc1nc(C(=O)N2CCCC[C@H]2c2ccc(CN(C)C)cc2)c(C)o1. The molecule has 1 aromatic carbocycles. The summed E-state index contributed by atoms with van der Waals surface area (Å²) in [7, 11) is 4.13. The zero-order valence-corrected chi connectivity index (χ0v) is 15.6. The van der Waals surface area contributed by atoms with Gasteiger partial charge in [0.1, 0.15) is 5.76 Å².